The summed E-state index contributed by atoms with van der Waals surface area (Å²) in [7, 11) is -8.44. The first-order chi connectivity index (χ1) is 12.6. The number of nitrogens with zero attached hydrogens (tertiary/aromatic N) is 1. The van der Waals surface area contributed by atoms with E-state index in [1.807, 2.05) is 0 Å². The number of rotatable bonds is 9. The molecule has 5 atom stereocenters. The fraction of sp³-hybridized carbons (Fsp3) is 0.538. The number of aryl methyl sites for hydroxylation is 1. The van der Waals surface area contributed by atoms with E-state index in [0.29, 0.717) is 5.56 Å². The van der Waals surface area contributed by atoms with Crippen LogP contribution in [0.4, 0.5) is 0 Å². The van der Waals surface area contributed by atoms with Crippen molar-refractivity contribution in [2.75, 3.05) is 13.2 Å². The molecule has 2 rings (SSSR count). The maximum atomic E-state index is 12.0. The molecule has 1 aromatic heterocycles. The van der Waals surface area contributed by atoms with E-state index in [9.17, 15) is 23.6 Å². The quantitative estimate of drug-likeness (QED) is 0.367. The minimum Gasteiger partial charge on any atom is -0.371 e. The normalized spacial score (nSPS) is 25.8. The maximum absolute atomic E-state index is 12.0. The van der Waals surface area contributed by atoms with E-state index in [1.54, 1.807) is 0 Å². The van der Waals surface area contributed by atoms with Gasteiger partial charge in [0.2, 0.25) is 0 Å². The van der Waals surface area contributed by atoms with Crippen LogP contribution in [0.5, 0.6) is 0 Å². The van der Waals surface area contributed by atoms with Crippen molar-refractivity contribution in [2.24, 2.45) is 0 Å². The van der Waals surface area contributed by atoms with Gasteiger partial charge in [-0.1, -0.05) is 6.08 Å². The van der Waals surface area contributed by atoms with Gasteiger partial charge in [0.1, 0.15) is 12.3 Å². The molecule has 1 aliphatic rings. The fourth-order valence-corrected chi connectivity index (χ4v) is 3.82. The van der Waals surface area contributed by atoms with Gasteiger partial charge in [0.25, 0.3) is 5.56 Å². The highest BCUT2D eigenvalue weighted by atomic mass is 31.2. The topological polar surface area (TPSA) is 166 Å². The first-order valence-corrected chi connectivity index (χ1v) is 10.5. The molecule has 2 heterocycles. The summed E-state index contributed by atoms with van der Waals surface area (Å²) in [5.41, 5.74) is -0.913. The molecule has 1 fully saturated rings. The molecule has 0 bridgehead atoms. The number of aromatic amines is 1. The first kappa shape index (κ1) is 21.9. The number of hydrogen-bond donors (Lipinski definition) is 3. The van der Waals surface area contributed by atoms with Crippen LogP contribution in [0, 0.1) is 6.92 Å². The zero-order valence-electron chi connectivity index (χ0n) is 14.3. The Morgan fingerprint density at radius 3 is 2.89 bits per heavy atom. The predicted octanol–water partition coefficient (Wildman–Crippen LogP) is 0.219. The largest absolute Gasteiger partial charge is 0.479 e. The third-order valence-corrected chi connectivity index (χ3v) is 5.68. The van der Waals surface area contributed by atoms with E-state index in [4.69, 9.17) is 14.4 Å². The standard InChI is InChI=1S/C13H20N2O10P2/c1-3-4-22-9-5-11(15-6-8(2)12(16)14-13(15)17)24-10(9)7-23-27(20,21)25-26(18)19/h3,6,9-11,26H,1,4-5,7H2,2H3,(H,18,19)(H,20,21)(H,14,16,17)/t9-,10-,11-/m1/s1. The molecule has 0 amide bonds. The molecule has 27 heavy (non-hydrogen) atoms. The van der Waals surface area contributed by atoms with Crippen molar-refractivity contribution >= 4 is 16.1 Å². The highest BCUT2D eigenvalue weighted by Gasteiger charge is 2.39. The van der Waals surface area contributed by atoms with Crippen molar-refractivity contribution < 1.29 is 37.2 Å². The lowest BCUT2D eigenvalue weighted by atomic mass is 10.2. The minimum atomic E-state index is -4.76. The molecule has 3 N–H and O–H groups in total. The second-order valence-corrected chi connectivity index (χ2v) is 8.08. The van der Waals surface area contributed by atoms with Gasteiger partial charge in [-0.05, 0) is 6.92 Å². The number of nitrogens with one attached hydrogen (secondary N) is 1. The molecule has 0 radical (unpaired) electrons. The Labute approximate surface area is 153 Å². The van der Waals surface area contributed by atoms with Crippen LogP contribution in [0.1, 0.15) is 18.2 Å². The van der Waals surface area contributed by atoms with E-state index >= 15 is 0 Å². The smallest absolute Gasteiger partial charge is 0.371 e. The van der Waals surface area contributed by atoms with Crippen molar-refractivity contribution in [3.63, 3.8) is 0 Å². The molecule has 2 unspecified atom stereocenters. The van der Waals surface area contributed by atoms with Crippen molar-refractivity contribution in [2.45, 2.75) is 31.8 Å². The number of aromatic nitrogens is 2. The van der Waals surface area contributed by atoms with Crippen LogP contribution in [0.3, 0.4) is 0 Å². The van der Waals surface area contributed by atoms with Crippen LogP contribution >= 0.6 is 16.1 Å². The average molecular weight is 426 g/mol. The Morgan fingerprint density at radius 1 is 1.56 bits per heavy atom. The lowest BCUT2D eigenvalue weighted by Gasteiger charge is -2.19. The van der Waals surface area contributed by atoms with Gasteiger partial charge < -0.3 is 19.3 Å². The van der Waals surface area contributed by atoms with E-state index < -0.39 is 52.4 Å². The molecule has 1 aromatic rings. The third-order valence-electron chi connectivity index (χ3n) is 3.66. The van der Waals surface area contributed by atoms with E-state index in [1.165, 1.54) is 23.8 Å². The monoisotopic (exact) mass is 426 g/mol. The molecular formula is C13H20N2O10P2. The molecule has 0 saturated carbocycles. The Hall–Kier alpha value is -1.36. The van der Waals surface area contributed by atoms with Gasteiger partial charge in [-0.3, -0.25) is 23.4 Å². The highest BCUT2D eigenvalue weighted by Crippen LogP contribution is 2.51. The second kappa shape index (κ2) is 9.22. The predicted molar refractivity (Wildman–Crippen MR) is 92.6 cm³/mol. The Morgan fingerprint density at radius 2 is 2.26 bits per heavy atom. The Balaban J connectivity index is 2.16. The van der Waals surface area contributed by atoms with Crippen molar-refractivity contribution in [3.8, 4) is 0 Å². The summed E-state index contributed by atoms with van der Waals surface area (Å²) < 4.78 is 43.1. The van der Waals surface area contributed by atoms with Crippen LogP contribution in [0.2, 0.25) is 0 Å². The highest BCUT2D eigenvalue weighted by molar-refractivity contribution is 7.55. The number of phosphoric ester groups is 1. The van der Waals surface area contributed by atoms with E-state index in [0.717, 1.165) is 0 Å². The molecule has 1 aliphatic heterocycles. The molecule has 0 aromatic carbocycles. The molecule has 0 aliphatic carbocycles. The van der Waals surface area contributed by atoms with E-state index in [2.05, 4.69) is 20.4 Å². The number of H-pyrrole nitrogens is 1. The van der Waals surface area contributed by atoms with Crippen molar-refractivity contribution in [1.29, 1.82) is 0 Å². The van der Waals surface area contributed by atoms with Crippen LogP contribution < -0.4 is 11.2 Å². The molecule has 1 saturated heterocycles. The van der Waals surface area contributed by atoms with Gasteiger partial charge in [-0.2, -0.15) is 0 Å². The fourth-order valence-electron chi connectivity index (χ4n) is 2.48. The number of hydrogen-bond acceptors (Lipinski definition) is 8. The SMILES string of the molecule is C=CCO[C@@H]1C[C@H](n2cc(C)c(=O)[nH]c2=O)O[C@@H]1COP(=O)(O)O[PH](=O)O. The molecule has 0 spiro atoms. The molecular weight excluding hydrogens is 406 g/mol. The van der Waals surface area contributed by atoms with Crippen LogP contribution in [0.25, 0.3) is 0 Å². The lowest BCUT2D eigenvalue weighted by Crippen LogP contribution is -2.33. The van der Waals surface area contributed by atoms with Gasteiger partial charge in [0.15, 0.2) is 0 Å². The summed E-state index contributed by atoms with van der Waals surface area (Å²) in [6.07, 6.45) is 0.641. The van der Waals surface area contributed by atoms with Crippen LogP contribution in [-0.2, 0) is 27.4 Å². The summed E-state index contributed by atoms with van der Waals surface area (Å²) in [5.74, 6) is 0. The van der Waals surface area contributed by atoms with Gasteiger partial charge in [-0.25, -0.2) is 13.7 Å². The first-order valence-electron chi connectivity index (χ1n) is 7.73. The zero-order chi connectivity index (χ0) is 20.2. The summed E-state index contributed by atoms with van der Waals surface area (Å²) in [6.45, 7) is 4.69. The summed E-state index contributed by atoms with van der Waals surface area (Å²) in [5, 5.41) is 0. The average Bonchev–Trinajstić information content (AvgIpc) is 2.96. The van der Waals surface area contributed by atoms with Crippen molar-refractivity contribution in [3.05, 3.63) is 45.3 Å². The van der Waals surface area contributed by atoms with E-state index in [-0.39, 0.29) is 13.0 Å². The van der Waals surface area contributed by atoms with Gasteiger partial charge in [0, 0.05) is 18.2 Å². The number of phosphoric acid groups is 1. The van der Waals surface area contributed by atoms with Gasteiger partial charge in [0.05, 0.1) is 19.3 Å². The molecule has 152 valence electrons. The second-order valence-electron chi connectivity index (χ2n) is 5.63. The molecule has 12 nitrogen and oxygen atoms in total. The summed E-state index contributed by atoms with van der Waals surface area (Å²) in [4.78, 5) is 43.6. The number of ether oxygens (including phenoxy) is 2. The van der Waals surface area contributed by atoms with Crippen LogP contribution in [-0.4, -0.2) is 44.8 Å². The van der Waals surface area contributed by atoms with Gasteiger partial charge in [-0.15, -0.1) is 6.58 Å². The van der Waals surface area contributed by atoms with Crippen LogP contribution in [0.15, 0.2) is 28.4 Å². The third kappa shape index (κ3) is 6.06. The molecule has 14 heteroatoms. The maximum Gasteiger partial charge on any atom is 0.479 e. The summed E-state index contributed by atoms with van der Waals surface area (Å²) >= 11 is 0. The van der Waals surface area contributed by atoms with Crippen molar-refractivity contribution in [1.82, 2.24) is 9.55 Å². The minimum absolute atomic E-state index is 0.147. The zero-order valence-corrected chi connectivity index (χ0v) is 16.2. The lowest BCUT2D eigenvalue weighted by molar-refractivity contribution is -0.0568. The Bertz CT molecular complexity index is 865. The van der Waals surface area contributed by atoms with Gasteiger partial charge >= 0.3 is 21.8 Å². The summed E-state index contributed by atoms with van der Waals surface area (Å²) in [6, 6.07) is 0. The Kier molecular flexibility index (Phi) is 7.49.